The predicted octanol–water partition coefficient (Wildman–Crippen LogP) is 3.30. The van der Waals surface area contributed by atoms with E-state index in [4.69, 9.17) is 0 Å². The molecule has 5 nitrogen and oxygen atoms in total. The molecule has 0 saturated heterocycles. The molecule has 1 amide bonds. The van der Waals surface area contributed by atoms with Gasteiger partial charge in [-0.15, -0.1) is 0 Å². The second-order valence-corrected chi connectivity index (χ2v) is 6.26. The smallest absolute Gasteiger partial charge is 0.228 e. The summed E-state index contributed by atoms with van der Waals surface area (Å²) in [6, 6.07) is 12.3. The van der Waals surface area contributed by atoms with Crippen LogP contribution in [0.15, 0.2) is 42.6 Å². The number of carbonyl (C=O) groups excluding carboxylic acids is 1. The Bertz CT molecular complexity index is 881. The highest BCUT2D eigenvalue weighted by Crippen LogP contribution is 2.33. The molecule has 2 heterocycles. The lowest BCUT2D eigenvalue weighted by Crippen LogP contribution is -2.15. The zero-order valence-electron chi connectivity index (χ0n) is 13.6. The number of pyridine rings is 1. The van der Waals surface area contributed by atoms with Crippen LogP contribution in [0, 0.1) is 5.92 Å². The Balaban J connectivity index is 1.80. The third-order valence-electron chi connectivity index (χ3n) is 4.39. The van der Waals surface area contributed by atoms with Crippen LogP contribution >= 0.6 is 0 Å². The van der Waals surface area contributed by atoms with Gasteiger partial charge in [-0.1, -0.05) is 30.3 Å². The van der Waals surface area contributed by atoms with Crippen LogP contribution in [0.2, 0.25) is 0 Å². The summed E-state index contributed by atoms with van der Waals surface area (Å²) in [5.41, 5.74) is 4.13. The first-order chi connectivity index (χ1) is 11.8. The van der Waals surface area contributed by atoms with E-state index in [-0.39, 0.29) is 11.8 Å². The van der Waals surface area contributed by atoms with Gasteiger partial charge >= 0.3 is 0 Å². The fraction of sp³-hybridized carbons (Fsp3) is 0.263. The summed E-state index contributed by atoms with van der Waals surface area (Å²) in [5, 5.41) is 7.24. The minimum atomic E-state index is 0.0704. The number of hydrogen-bond donors (Lipinski definition) is 3. The van der Waals surface area contributed by atoms with Crippen molar-refractivity contribution in [3.05, 3.63) is 48.2 Å². The lowest BCUT2D eigenvalue weighted by molar-refractivity contribution is -0.117. The highest BCUT2D eigenvalue weighted by molar-refractivity contribution is 6.02. The normalized spacial score (nSPS) is 14.0. The molecule has 24 heavy (non-hydrogen) atoms. The van der Waals surface area contributed by atoms with Gasteiger partial charge in [-0.2, -0.15) is 0 Å². The maximum atomic E-state index is 12.1. The molecule has 0 radical (unpaired) electrons. The quantitative estimate of drug-likeness (QED) is 0.675. The molecule has 0 bridgehead atoms. The first-order valence-electron chi connectivity index (χ1n) is 8.27. The third kappa shape index (κ3) is 2.78. The maximum absolute atomic E-state index is 12.1. The summed E-state index contributed by atoms with van der Waals surface area (Å²) in [7, 11) is 1.92. The largest absolute Gasteiger partial charge is 0.351 e. The van der Waals surface area contributed by atoms with Crippen LogP contribution in [0.4, 0.5) is 5.82 Å². The van der Waals surface area contributed by atoms with Crippen molar-refractivity contribution in [3.8, 4) is 11.3 Å². The summed E-state index contributed by atoms with van der Waals surface area (Å²) in [6.07, 6.45) is 3.80. The minimum absolute atomic E-state index is 0.0704. The van der Waals surface area contributed by atoms with Crippen LogP contribution in [0.3, 0.4) is 0 Å². The Hall–Kier alpha value is -2.66. The summed E-state index contributed by atoms with van der Waals surface area (Å²) in [5.74, 6) is 0.840. The summed E-state index contributed by atoms with van der Waals surface area (Å²) in [6.45, 7) is 0.729. The van der Waals surface area contributed by atoms with E-state index in [1.165, 1.54) is 0 Å². The Kier molecular flexibility index (Phi) is 3.78. The molecule has 0 atom stereocenters. The van der Waals surface area contributed by atoms with Gasteiger partial charge in [0.2, 0.25) is 5.91 Å². The van der Waals surface area contributed by atoms with Crippen molar-refractivity contribution >= 4 is 22.6 Å². The van der Waals surface area contributed by atoms with Crippen LogP contribution in [0.25, 0.3) is 22.2 Å². The van der Waals surface area contributed by atoms with Crippen LogP contribution in [0.1, 0.15) is 18.4 Å². The molecule has 0 aliphatic heterocycles. The van der Waals surface area contributed by atoms with Gasteiger partial charge in [-0.05, 0) is 37.1 Å². The fourth-order valence-corrected chi connectivity index (χ4v) is 2.93. The first kappa shape index (κ1) is 14.9. The topological polar surface area (TPSA) is 69.8 Å². The number of H-pyrrole nitrogens is 1. The number of nitrogens with zero attached hydrogens (tertiary/aromatic N) is 1. The number of benzene rings is 1. The molecule has 2 aromatic heterocycles. The minimum Gasteiger partial charge on any atom is -0.351 e. The molecule has 1 saturated carbocycles. The predicted molar refractivity (Wildman–Crippen MR) is 95.6 cm³/mol. The number of carbonyl (C=O) groups is 1. The molecule has 5 heteroatoms. The van der Waals surface area contributed by atoms with Gasteiger partial charge in [-0.3, -0.25) is 4.79 Å². The van der Waals surface area contributed by atoms with E-state index in [0.717, 1.165) is 47.1 Å². The van der Waals surface area contributed by atoms with E-state index in [1.807, 2.05) is 31.4 Å². The molecule has 1 aliphatic carbocycles. The zero-order valence-corrected chi connectivity index (χ0v) is 13.6. The van der Waals surface area contributed by atoms with Crippen LogP contribution < -0.4 is 10.6 Å². The molecule has 1 fully saturated rings. The van der Waals surface area contributed by atoms with Crippen LogP contribution in [0.5, 0.6) is 0 Å². The Morgan fingerprint density at radius 3 is 2.79 bits per heavy atom. The van der Waals surface area contributed by atoms with E-state index in [9.17, 15) is 4.79 Å². The number of amides is 1. The average Bonchev–Trinajstić information content (AvgIpc) is 3.36. The molecule has 0 spiro atoms. The molecule has 3 N–H and O–H groups in total. The number of aromatic nitrogens is 2. The van der Waals surface area contributed by atoms with Crippen molar-refractivity contribution in [2.24, 2.45) is 5.92 Å². The SMILES string of the molecule is CNCc1cnc(NC(=O)C2CC2)c2[nH]c(-c3ccccc3)cc12. The summed E-state index contributed by atoms with van der Waals surface area (Å²) >= 11 is 0. The lowest BCUT2D eigenvalue weighted by Gasteiger charge is -2.08. The van der Waals surface area contributed by atoms with Crippen LogP contribution in [-0.2, 0) is 11.3 Å². The average molecular weight is 320 g/mol. The van der Waals surface area contributed by atoms with Gasteiger partial charge in [-0.25, -0.2) is 4.98 Å². The second-order valence-electron chi connectivity index (χ2n) is 6.26. The number of hydrogen-bond acceptors (Lipinski definition) is 3. The number of aromatic amines is 1. The molecule has 3 aromatic rings. The Morgan fingerprint density at radius 1 is 1.29 bits per heavy atom. The Morgan fingerprint density at radius 2 is 2.08 bits per heavy atom. The van der Waals surface area contributed by atoms with E-state index < -0.39 is 0 Å². The van der Waals surface area contributed by atoms with E-state index in [0.29, 0.717) is 5.82 Å². The molecular formula is C19H20N4O. The molecule has 4 rings (SSSR count). The summed E-state index contributed by atoms with van der Waals surface area (Å²) in [4.78, 5) is 20.0. The number of nitrogens with one attached hydrogen (secondary N) is 3. The van der Waals surface area contributed by atoms with Gasteiger partial charge in [0.25, 0.3) is 0 Å². The molecule has 0 unspecified atom stereocenters. The maximum Gasteiger partial charge on any atom is 0.228 e. The Labute approximate surface area is 140 Å². The van der Waals surface area contributed by atoms with E-state index in [2.05, 4.69) is 38.8 Å². The van der Waals surface area contributed by atoms with Crippen LogP contribution in [-0.4, -0.2) is 22.9 Å². The zero-order chi connectivity index (χ0) is 16.5. The monoisotopic (exact) mass is 320 g/mol. The molecule has 1 aromatic carbocycles. The van der Waals surface area contributed by atoms with Gasteiger partial charge < -0.3 is 15.6 Å². The second kappa shape index (κ2) is 6.09. The van der Waals surface area contributed by atoms with Gasteiger partial charge in [0.1, 0.15) is 0 Å². The molecule has 1 aliphatic rings. The lowest BCUT2D eigenvalue weighted by atomic mass is 10.1. The standard InChI is InChI=1S/C19H20N4O/c1-20-10-14-11-21-18(23-19(24)13-7-8-13)17-15(14)9-16(22-17)12-5-3-2-4-6-12/h2-6,9,11,13,20,22H,7-8,10H2,1H3,(H,21,23,24). The third-order valence-corrected chi connectivity index (χ3v) is 4.39. The number of anilines is 1. The van der Waals surface area contributed by atoms with Gasteiger partial charge in [0.05, 0.1) is 5.52 Å². The van der Waals surface area contributed by atoms with Gasteiger partial charge in [0, 0.05) is 29.7 Å². The van der Waals surface area contributed by atoms with Crippen molar-refractivity contribution < 1.29 is 4.79 Å². The highest BCUT2D eigenvalue weighted by Gasteiger charge is 2.30. The van der Waals surface area contributed by atoms with Crippen molar-refractivity contribution in [2.45, 2.75) is 19.4 Å². The molecule has 122 valence electrons. The van der Waals surface area contributed by atoms with Crippen molar-refractivity contribution in [3.63, 3.8) is 0 Å². The van der Waals surface area contributed by atoms with E-state index >= 15 is 0 Å². The van der Waals surface area contributed by atoms with Crippen molar-refractivity contribution in [1.29, 1.82) is 0 Å². The van der Waals surface area contributed by atoms with Gasteiger partial charge in [0.15, 0.2) is 5.82 Å². The number of fused-ring (bicyclic) bond motifs is 1. The number of rotatable bonds is 5. The van der Waals surface area contributed by atoms with E-state index in [1.54, 1.807) is 0 Å². The first-order valence-corrected chi connectivity index (χ1v) is 8.27. The molecular weight excluding hydrogens is 300 g/mol. The van der Waals surface area contributed by atoms with Crippen molar-refractivity contribution in [2.75, 3.05) is 12.4 Å². The highest BCUT2D eigenvalue weighted by atomic mass is 16.2. The summed E-state index contributed by atoms with van der Waals surface area (Å²) < 4.78 is 0. The fourth-order valence-electron chi connectivity index (χ4n) is 2.93. The van der Waals surface area contributed by atoms with Crippen molar-refractivity contribution in [1.82, 2.24) is 15.3 Å².